The Morgan fingerprint density at radius 3 is 2.56 bits per heavy atom. The highest BCUT2D eigenvalue weighted by atomic mass is 15.1. The van der Waals surface area contributed by atoms with Crippen LogP contribution in [0.25, 0.3) is 0 Å². The summed E-state index contributed by atoms with van der Waals surface area (Å²) in [4.78, 5) is 0. The number of aromatic nitrogens is 2. The van der Waals surface area contributed by atoms with Gasteiger partial charge in [-0.05, 0) is 0 Å². The van der Waals surface area contributed by atoms with Gasteiger partial charge in [0.25, 0.3) is 0 Å². The highest BCUT2D eigenvalue weighted by molar-refractivity contribution is 4.91. The third kappa shape index (κ3) is 1.12. The molecule has 0 aliphatic carbocycles. The molecule has 0 saturated heterocycles. The maximum Gasteiger partial charge on any atom is 0.243 e. The van der Waals surface area contributed by atoms with E-state index >= 15 is 0 Å². The van der Waals surface area contributed by atoms with E-state index in [1.807, 2.05) is 7.05 Å². The quantitative estimate of drug-likeness (QED) is 0.481. The van der Waals surface area contributed by atoms with E-state index in [9.17, 15) is 0 Å². The van der Waals surface area contributed by atoms with Crippen LogP contribution >= 0.6 is 0 Å². The minimum Gasteiger partial charge on any atom is -0.239 e. The van der Waals surface area contributed by atoms with Crippen LogP contribution in [0.15, 0.2) is 12.5 Å². The van der Waals surface area contributed by atoms with Gasteiger partial charge >= 0.3 is 0 Å². The summed E-state index contributed by atoms with van der Waals surface area (Å²) in [5, 5.41) is 0. The maximum atomic E-state index is 2.16. The van der Waals surface area contributed by atoms with Gasteiger partial charge in [-0.2, -0.15) is 0 Å². The largest absolute Gasteiger partial charge is 0.243 e. The highest BCUT2D eigenvalue weighted by Gasteiger charge is 2.02. The minimum absolute atomic E-state index is 1.11. The normalized spacial score (nSPS) is 10.1. The fourth-order valence-corrected chi connectivity index (χ4v) is 1.05. The third-order valence-electron chi connectivity index (χ3n) is 1.52. The molecule has 0 bridgehead atoms. The molecule has 0 aromatic carbocycles. The van der Waals surface area contributed by atoms with Crippen molar-refractivity contribution < 1.29 is 4.57 Å². The Bertz CT molecular complexity index is 201. The summed E-state index contributed by atoms with van der Waals surface area (Å²) >= 11 is 0. The van der Waals surface area contributed by atoms with Crippen molar-refractivity contribution in [1.29, 1.82) is 0 Å². The molecule has 1 aromatic heterocycles. The number of imidazole rings is 1. The maximum absolute atomic E-state index is 2.16. The average Bonchev–Trinajstić information content (AvgIpc) is 2.10. The molecule has 0 atom stereocenters. The topological polar surface area (TPSA) is 8.81 Å². The van der Waals surface area contributed by atoms with Crippen molar-refractivity contribution in [3.63, 3.8) is 0 Å². The van der Waals surface area contributed by atoms with Crippen molar-refractivity contribution in [2.45, 2.75) is 13.3 Å². The van der Waals surface area contributed by atoms with Crippen LogP contribution in [-0.2, 0) is 20.5 Å². The average molecular weight is 125 g/mol. The molecule has 0 N–H and O–H groups in total. The Morgan fingerprint density at radius 1 is 1.67 bits per heavy atom. The lowest BCUT2D eigenvalue weighted by Crippen LogP contribution is -2.23. The summed E-state index contributed by atoms with van der Waals surface area (Å²) in [7, 11) is 4.11. The fourth-order valence-electron chi connectivity index (χ4n) is 1.05. The summed E-state index contributed by atoms with van der Waals surface area (Å²) in [6.07, 6.45) is 5.32. The predicted octanol–water partition coefficient (Wildman–Crippen LogP) is 0.412. The first-order valence-corrected chi connectivity index (χ1v) is 3.24. The second kappa shape index (κ2) is 2.21. The highest BCUT2D eigenvalue weighted by Crippen LogP contribution is 1.92. The molecule has 1 heterocycles. The third-order valence-corrected chi connectivity index (χ3v) is 1.52. The Kier molecular flexibility index (Phi) is 1.56. The van der Waals surface area contributed by atoms with E-state index in [2.05, 4.69) is 35.6 Å². The molecule has 2 nitrogen and oxygen atoms in total. The molecular weight excluding hydrogens is 112 g/mol. The smallest absolute Gasteiger partial charge is 0.239 e. The summed E-state index contributed by atoms with van der Waals surface area (Å²) in [6.45, 7) is 2.16. The van der Waals surface area contributed by atoms with Crippen molar-refractivity contribution in [3.8, 4) is 0 Å². The summed E-state index contributed by atoms with van der Waals surface area (Å²) in [5.74, 6) is 0. The van der Waals surface area contributed by atoms with Crippen molar-refractivity contribution in [3.05, 3.63) is 18.2 Å². The molecule has 9 heavy (non-hydrogen) atoms. The van der Waals surface area contributed by atoms with Crippen molar-refractivity contribution in [1.82, 2.24) is 4.57 Å². The van der Waals surface area contributed by atoms with Crippen molar-refractivity contribution in [2.75, 3.05) is 0 Å². The Morgan fingerprint density at radius 2 is 2.33 bits per heavy atom. The Labute approximate surface area is 55.7 Å². The lowest BCUT2D eigenvalue weighted by atomic mass is 10.4. The van der Waals surface area contributed by atoms with E-state index in [1.54, 1.807) is 0 Å². The number of hydrogen-bond donors (Lipinski definition) is 0. The predicted molar refractivity (Wildman–Crippen MR) is 36.0 cm³/mol. The zero-order valence-electron chi connectivity index (χ0n) is 6.26. The van der Waals surface area contributed by atoms with Gasteiger partial charge < -0.3 is 0 Å². The molecule has 0 aliphatic heterocycles. The van der Waals surface area contributed by atoms with E-state index in [4.69, 9.17) is 0 Å². The van der Waals surface area contributed by atoms with Gasteiger partial charge in [0.1, 0.15) is 11.9 Å². The monoisotopic (exact) mass is 125 g/mol. The van der Waals surface area contributed by atoms with E-state index in [0.29, 0.717) is 0 Å². The number of aryl methyl sites for hydroxylation is 3. The first kappa shape index (κ1) is 6.33. The second-order valence-electron chi connectivity index (χ2n) is 2.37. The van der Waals surface area contributed by atoms with Gasteiger partial charge in [-0.1, -0.05) is 6.92 Å². The summed E-state index contributed by atoms with van der Waals surface area (Å²) in [6, 6.07) is 0. The van der Waals surface area contributed by atoms with E-state index in [-0.39, 0.29) is 0 Å². The molecule has 0 radical (unpaired) electrons. The molecule has 0 aliphatic rings. The van der Waals surface area contributed by atoms with Gasteiger partial charge in [0.05, 0.1) is 14.1 Å². The Balaban J connectivity index is 3.01. The number of nitrogens with zero attached hydrogens (tertiary/aromatic N) is 2. The zero-order valence-corrected chi connectivity index (χ0v) is 6.26. The summed E-state index contributed by atoms with van der Waals surface area (Å²) in [5.41, 5.74) is 1.37. The van der Waals surface area contributed by atoms with E-state index < -0.39 is 0 Å². The Hall–Kier alpha value is -0.790. The van der Waals surface area contributed by atoms with Crippen LogP contribution in [0.5, 0.6) is 0 Å². The fraction of sp³-hybridized carbons (Fsp3) is 0.571. The molecule has 0 amide bonds. The van der Waals surface area contributed by atoms with Gasteiger partial charge in [-0.3, -0.25) is 0 Å². The molecule has 0 spiro atoms. The molecule has 0 fully saturated rings. The van der Waals surface area contributed by atoms with Crippen LogP contribution in [0.1, 0.15) is 12.6 Å². The molecule has 1 aromatic rings. The zero-order chi connectivity index (χ0) is 6.85. The number of hydrogen-bond acceptors (Lipinski definition) is 0. The molecule has 0 saturated carbocycles. The summed E-state index contributed by atoms with van der Waals surface area (Å²) < 4.78 is 4.21. The van der Waals surface area contributed by atoms with Crippen molar-refractivity contribution in [2.24, 2.45) is 14.1 Å². The SMILES string of the molecule is CCc1c[n+](C)cn1C. The molecule has 2 heteroatoms. The van der Waals surface area contributed by atoms with Crippen LogP contribution in [0, 0.1) is 0 Å². The lowest BCUT2D eigenvalue weighted by Gasteiger charge is -1.84. The molecule has 0 unspecified atom stereocenters. The van der Waals surface area contributed by atoms with Gasteiger partial charge in [-0.25, -0.2) is 9.13 Å². The van der Waals surface area contributed by atoms with Gasteiger partial charge in [0.2, 0.25) is 6.33 Å². The van der Waals surface area contributed by atoms with Crippen LogP contribution < -0.4 is 4.57 Å². The van der Waals surface area contributed by atoms with Gasteiger partial charge in [0.15, 0.2) is 0 Å². The van der Waals surface area contributed by atoms with Crippen LogP contribution in [-0.4, -0.2) is 4.57 Å². The van der Waals surface area contributed by atoms with Crippen LogP contribution in [0.2, 0.25) is 0 Å². The van der Waals surface area contributed by atoms with E-state index in [0.717, 1.165) is 6.42 Å². The molecule has 1 rings (SSSR count). The minimum atomic E-state index is 1.11. The number of rotatable bonds is 1. The standard InChI is InChI=1S/C7H13N2/c1-4-7-5-8(2)6-9(7)3/h5-6H,4H2,1-3H3/q+1. The second-order valence-corrected chi connectivity index (χ2v) is 2.37. The lowest BCUT2D eigenvalue weighted by molar-refractivity contribution is -0.671. The van der Waals surface area contributed by atoms with Crippen LogP contribution in [0.4, 0.5) is 0 Å². The van der Waals surface area contributed by atoms with Gasteiger partial charge in [-0.15, -0.1) is 0 Å². The molecular formula is C7H13N2+. The van der Waals surface area contributed by atoms with Gasteiger partial charge in [0, 0.05) is 6.42 Å². The molecule has 50 valence electrons. The van der Waals surface area contributed by atoms with E-state index in [1.165, 1.54) is 5.69 Å². The first-order valence-electron chi connectivity index (χ1n) is 3.24. The first-order chi connectivity index (χ1) is 4.24. The van der Waals surface area contributed by atoms with Crippen LogP contribution in [0.3, 0.4) is 0 Å². The van der Waals surface area contributed by atoms with Crippen molar-refractivity contribution >= 4 is 0 Å².